The minimum absolute atomic E-state index is 0.131. The lowest BCUT2D eigenvalue weighted by Crippen LogP contribution is -2.30. The van der Waals surface area contributed by atoms with Gasteiger partial charge in [0.05, 0.1) is 0 Å². The van der Waals surface area contributed by atoms with E-state index >= 15 is 0 Å². The molecule has 0 spiro atoms. The van der Waals surface area contributed by atoms with E-state index in [9.17, 15) is 4.39 Å². The molecule has 3 heteroatoms. The first-order chi connectivity index (χ1) is 9.99. The lowest BCUT2D eigenvalue weighted by atomic mass is 10.00. The molecule has 0 aliphatic rings. The summed E-state index contributed by atoms with van der Waals surface area (Å²) >= 11 is 0. The first-order valence-corrected chi connectivity index (χ1v) is 7.22. The fourth-order valence-electron chi connectivity index (χ4n) is 2.81. The van der Waals surface area contributed by atoms with Crippen LogP contribution in [0.5, 0.6) is 0 Å². The van der Waals surface area contributed by atoms with E-state index in [4.69, 9.17) is 5.73 Å². The minimum Gasteiger partial charge on any atom is -0.329 e. The summed E-state index contributed by atoms with van der Waals surface area (Å²) in [6.07, 6.45) is 0. The van der Waals surface area contributed by atoms with Crippen LogP contribution in [0.2, 0.25) is 0 Å². The quantitative estimate of drug-likeness (QED) is 0.910. The second-order valence-corrected chi connectivity index (χ2v) is 5.72. The van der Waals surface area contributed by atoms with Crippen LogP contribution in [-0.4, -0.2) is 18.5 Å². The van der Waals surface area contributed by atoms with Gasteiger partial charge in [0.1, 0.15) is 5.82 Å². The van der Waals surface area contributed by atoms with Gasteiger partial charge in [0.2, 0.25) is 0 Å². The number of likely N-dealkylation sites (N-methyl/N-ethyl adjacent to an activating group) is 1. The minimum atomic E-state index is -0.198. The summed E-state index contributed by atoms with van der Waals surface area (Å²) in [5, 5.41) is 0. The lowest BCUT2D eigenvalue weighted by Gasteiger charge is -2.28. The van der Waals surface area contributed by atoms with Gasteiger partial charge in [0.15, 0.2) is 0 Å². The van der Waals surface area contributed by atoms with E-state index in [0.717, 1.165) is 5.56 Å². The highest BCUT2D eigenvalue weighted by atomic mass is 19.1. The highest BCUT2D eigenvalue weighted by Crippen LogP contribution is 2.23. The number of nitrogens with two attached hydrogens (primary N) is 1. The molecule has 1 atom stereocenters. The maximum absolute atomic E-state index is 13.3. The number of halogens is 1. The van der Waals surface area contributed by atoms with E-state index in [2.05, 4.69) is 36.9 Å². The van der Waals surface area contributed by atoms with Gasteiger partial charge in [-0.05, 0) is 44.2 Å². The zero-order valence-corrected chi connectivity index (χ0v) is 12.9. The standard InChI is InChI=1S/C18H23FN2/c1-13-7-14(2)9-16(8-13)18(11-20)21(3)12-15-5-4-6-17(19)10-15/h4-10,18H,11-12,20H2,1-3H3. The van der Waals surface area contributed by atoms with Crippen molar-refractivity contribution in [1.82, 2.24) is 4.90 Å². The van der Waals surface area contributed by atoms with E-state index in [1.165, 1.54) is 22.8 Å². The third-order valence-electron chi connectivity index (χ3n) is 3.71. The van der Waals surface area contributed by atoms with Gasteiger partial charge < -0.3 is 5.73 Å². The predicted octanol–water partition coefficient (Wildman–Crippen LogP) is 3.57. The van der Waals surface area contributed by atoms with Crippen LogP contribution in [0.3, 0.4) is 0 Å². The normalized spacial score (nSPS) is 12.7. The van der Waals surface area contributed by atoms with Crippen LogP contribution in [0, 0.1) is 19.7 Å². The zero-order valence-electron chi connectivity index (χ0n) is 12.9. The number of benzene rings is 2. The average Bonchev–Trinajstić information content (AvgIpc) is 2.38. The van der Waals surface area contributed by atoms with Crippen molar-refractivity contribution in [3.63, 3.8) is 0 Å². The predicted molar refractivity (Wildman–Crippen MR) is 85.6 cm³/mol. The SMILES string of the molecule is Cc1cc(C)cc(C(CN)N(C)Cc2cccc(F)c2)c1. The van der Waals surface area contributed by atoms with Crippen molar-refractivity contribution in [3.05, 3.63) is 70.5 Å². The molecule has 0 saturated carbocycles. The van der Waals surface area contributed by atoms with Gasteiger partial charge in [-0.25, -0.2) is 4.39 Å². The Kier molecular flexibility index (Phi) is 5.10. The summed E-state index contributed by atoms with van der Waals surface area (Å²) in [6, 6.07) is 13.4. The van der Waals surface area contributed by atoms with Crippen molar-refractivity contribution in [2.24, 2.45) is 5.73 Å². The lowest BCUT2D eigenvalue weighted by molar-refractivity contribution is 0.241. The first-order valence-electron chi connectivity index (χ1n) is 7.22. The van der Waals surface area contributed by atoms with Gasteiger partial charge >= 0.3 is 0 Å². The van der Waals surface area contributed by atoms with Crippen molar-refractivity contribution in [1.29, 1.82) is 0 Å². The number of nitrogens with zero attached hydrogens (tertiary/aromatic N) is 1. The summed E-state index contributed by atoms with van der Waals surface area (Å²) in [4.78, 5) is 2.17. The maximum Gasteiger partial charge on any atom is 0.123 e. The third-order valence-corrected chi connectivity index (χ3v) is 3.71. The molecule has 0 saturated heterocycles. The van der Waals surface area contributed by atoms with Gasteiger partial charge in [0.25, 0.3) is 0 Å². The summed E-state index contributed by atoms with van der Waals surface area (Å²) in [5.41, 5.74) is 10.6. The molecule has 112 valence electrons. The van der Waals surface area contributed by atoms with Crippen LogP contribution in [0.4, 0.5) is 4.39 Å². The van der Waals surface area contributed by atoms with Crippen molar-refractivity contribution < 1.29 is 4.39 Å². The van der Waals surface area contributed by atoms with Crippen LogP contribution in [0.25, 0.3) is 0 Å². The third kappa shape index (κ3) is 4.13. The highest BCUT2D eigenvalue weighted by Gasteiger charge is 2.16. The molecule has 0 amide bonds. The fourth-order valence-corrected chi connectivity index (χ4v) is 2.81. The van der Waals surface area contributed by atoms with Gasteiger partial charge in [-0.1, -0.05) is 41.5 Å². The smallest absolute Gasteiger partial charge is 0.123 e. The molecule has 2 aromatic rings. The molecule has 2 aromatic carbocycles. The molecule has 0 aliphatic carbocycles. The molecule has 0 aromatic heterocycles. The molecule has 21 heavy (non-hydrogen) atoms. The summed E-state index contributed by atoms with van der Waals surface area (Å²) in [7, 11) is 2.03. The Morgan fingerprint density at radius 3 is 2.33 bits per heavy atom. The van der Waals surface area contributed by atoms with E-state index in [1.807, 2.05) is 13.1 Å². The van der Waals surface area contributed by atoms with E-state index < -0.39 is 0 Å². The Labute approximate surface area is 126 Å². The largest absolute Gasteiger partial charge is 0.329 e. The van der Waals surface area contributed by atoms with Gasteiger partial charge in [-0.2, -0.15) is 0 Å². The number of rotatable bonds is 5. The molecule has 0 aliphatic heterocycles. The van der Waals surface area contributed by atoms with E-state index in [1.54, 1.807) is 12.1 Å². The van der Waals surface area contributed by atoms with Crippen molar-refractivity contribution >= 4 is 0 Å². The summed E-state index contributed by atoms with van der Waals surface area (Å²) in [5.74, 6) is -0.198. The maximum atomic E-state index is 13.3. The molecule has 1 unspecified atom stereocenters. The van der Waals surface area contributed by atoms with Crippen molar-refractivity contribution in [2.75, 3.05) is 13.6 Å². The summed E-state index contributed by atoms with van der Waals surface area (Å²) < 4.78 is 13.3. The Balaban J connectivity index is 2.20. The van der Waals surface area contributed by atoms with E-state index in [-0.39, 0.29) is 11.9 Å². The Bertz CT molecular complexity index is 590. The van der Waals surface area contributed by atoms with Crippen LogP contribution in [-0.2, 0) is 6.54 Å². The van der Waals surface area contributed by atoms with Crippen molar-refractivity contribution in [3.8, 4) is 0 Å². The fraction of sp³-hybridized carbons (Fsp3) is 0.333. The molecule has 2 nitrogen and oxygen atoms in total. The van der Waals surface area contributed by atoms with Crippen LogP contribution in [0.1, 0.15) is 28.3 Å². The average molecular weight is 286 g/mol. The molecular weight excluding hydrogens is 263 g/mol. The molecule has 0 radical (unpaired) electrons. The number of hydrogen-bond acceptors (Lipinski definition) is 2. The number of aryl methyl sites for hydroxylation is 2. The first kappa shape index (κ1) is 15.7. The number of hydrogen-bond donors (Lipinski definition) is 1. The molecule has 0 fully saturated rings. The van der Waals surface area contributed by atoms with Crippen LogP contribution in [0.15, 0.2) is 42.5 Å². The van der Waals surface area contributed by atoms with Gasteiger partial charge in [-0.3, -0.25) is 4.90 Å². The van der Waals surface area contributed by atoms with Crippen LogP contribution < -0.4 is 5.73 Å². The Morgan fingerprint density at radius 1 is 1.10 bits per heavy atom. The van der Waals surface area contributed by atoms with Gasteiger partial charge in [0, 0.05) is 19.1 Å². The molecule has 0 bridgehead atoms. The monoisotopic (exact) mass is 286 g/mol. The second kappa shape index (κ2) is 6.83. The molecule has 2 N–H and O–H groups in total. The highest BCUT2D eigenvalue weighted by molar-refractivity contribution is 5.31. The molecule has 0 heterocycles. The molecular formula is C18H23FN2. The summed E-state index contributed by atoms with van der Waals surface area (Å²) in [6.45, 7) is 5.40. The van der Waals surface area contributed by atoms with Crippen LogP contribution >= 0.6 is 0 Å². The van der Waals surface area contributed by atoms with E-state index in [0.29, 0.717) is 13.1 Å². The zero-order chi connectivity index (χ0) is 15.4. The molecule has 2 rings (SSSR count). The Hall–Kier alpha value is -1.71. The van der Waals surface area contributed by atoms with Gasteiger partial charge in [-0.15, -0.1) is 0 Å². The topological polar surface area (TPSA) is 29.3 Å². The second-order valence-electron chi connectivity index (χ2n) is 5.72. The van der Waals surface area contributed by atoms with Crippen molar-refractivity contribution in [2.45, 2.75) is 26.4 Å². The Morgan fingerprint density at radius 2 is 1.76 bits per heavy atom.